The number of rotatable bonds is 3. The van der Waals surface area contributed by atoms with E-state index in [1.807, 2.05) is 7.05 Å². The molecule has 4 aliphatic heterocycles. The third-order valence-electron chi connectivity index (χ3n) is 6.12. The standard InChI is InChI=1S/C15H30FN9O/c1-24-11(6-20-23-24)9-2-3-18-5-10(9)21-15(26)12-13(17)22-25-7-8(16)4-19-14(12)25/h8-14,18-20,23,25H,2-7,17H2,1H3,(H,21,26). The van der Waals surface area contributed by atoms with Crippen LogP contribution in [0.3, 0.4) is 0 Å². The average molecular weight is 371 g/mol. The maximum Gasteiger partial charge on any atom is 0.230 e. The van der Waals surface area contributed by atoms with E-state index < -0.39 is 18.3 Å². The summed E-state index contributed by atoms with van der Waals surface area (Å²) in [5.41, 5.74) is 16.7. The lowest BCUT2D eigenvalue weighted by Gasteiger charge is -2.39. The molecule has 0 radical (unpaired) electrons. The minimum atomic E-state index is -0.955. The van der Waals surface area contributed by atoms with E-state index in [0.717, 1.165) is 26.1 Å². The molecule has 11 heteroatoms. The first-order valence-electron chi connectivity index (χ1n) is 9.46. The van der Waals surface area contributed by atoms with E-state index in [1.165, 1.54) is 0 Å². The van der Waals surface area contributed by atoms with Gasteiger partial charge in [-0.25, -0.2) is 14.8 Å². The summed E-state index contributed by atoms with van der Waals surface area (Å²) in [7, 11) is 2.01. The molecule has 4 aliphatic rings. The Morgan fingerprint density at radius 3 is 3.00 bits per heavy atom. The fraction of sp³-hybridized carbons (Fsp3) is 0.933. The first-order valence-corrected chi connectivity index (χ1v) is 9.46. The number of nitrogens with zero attached hydrogens (tertiary/aromatic N) is 2. The van der Waals surface area contributed by atoms with Gasteiger partial charge in [0, 0.05) is 38.8 Å². The van der Waals surface area contributed by atoms with Crippen LogP contribution in [0, 0.1) is 11.8 Å². The molecule has 0 aromatic carbocycles. The molecule has 0 aromatic rings. The number of amides is 1. The second-order valence-corrected chi connectivity index (χ2v) is 7.77. The Kier molecular flexibility index (Phi) is 5.39. The van der Waals surface area contributed by atoms with Gasteiger partial charge >= 0.3 is 0 Å². The molecule has 26 heavy (non-hydrogen) atoms. The summed E-state index contributed by atoms with van der Waals surface area (Å²) in [5.74, 6) is -0.232. The molecular formula is C15H30FN9O. The monoisotopic (exact) mass is 371 g/mol. The van der Waals surface area contributed by atoms with Crippen LogP contribution < -0.4 is 37.7 Å². The largest absolute Gasteiger partial charge is 0.436 e. The van der Waals surface area contributed by atoms with Gasteiger partial charge in [-0.2, -0.15) is 5.53 Å². The van der Waals surface area contributed by atoms with Crippen molar-refractivity contribution in [3.8, 4) is 0 Å². The normalized spacial score (nSPS) is 46.9. The zero-order chi connectivity index (χ0) is 18.3. The van der Waals surface area contributed by atoms with Crippen molar-refractivity contribution in [2.45, 2.75) is 37.0 Å². The van der Waals surface area contributed by atoms with Crippen LogP contribution in [-0.4, -0.2) is 81.3 Å². The van der Waals surface area contributed by atoms with E-state index in [0.29, 0.717) is 17.0 Å². The predicted octanol–water partition coefficient (Wildman–Crippen LogP) is -4.24. The number of likely N-dealkylation sites (N-methyl/N-ethyl adjacent to an activating group) is 1. The maximum absolute atomic E-state index is 13.6. The Hall–Kier alpha value is -0.920. The van der Waals surface area contributed by atoms with Crippen LogP contribution in [0.2, 0.25) is 0 Å². The number of hydrogen-bond acceptors (Lipinski definition) is 7. The molecule has 4 rings (SSSR count). The molecule has 0 bridgehead atoms. The Morgan fingerprint density at radius 1 is 1.38 bits per heavy atom. The highest BCUT2D eigenvalue weighted by atomic mass is 19.1. The highest BCUT2D eigenvalue weighted by Crippen LogP contribution is 2.23. The fourth-order valence-electron chi connectivity index (χ4n) is 4.75. The molecule has 0 saturated carbocycles. The van der Waals surface area contributed by atoms with Gasteiger partial charge in [-0.15, -0.1) is 0 Å². The number of carbonyl (C=O) groups excluding carboxylic acids is 1. The van der Waals surface area contributed by atoms with Crippen molar-refractivity contribution in [1.29, 1.82) is 0 Å². The molecule has 0 aliphatic carbocycles. The smallest absolute Gasteiger partial charge is 0.230 e. The first-order chi connectivity index (χ1) is 12.5. The molecule has 10 nitrogen and oxygen atoms in total. The SMILES string of the molecule is CN1NNCC1C1CCNCC1NC(=O)C1C(N)[N-][NH+]2CC(F)CNC12. The molecule has 8 atom stereocenters. The van der Waals surface area contributed by atoms with E-state index in [2.05, 4.69) is 37.3 Å². The van der Waals surface area contributed by atoms with E-state index in [1.54, 1.807) is 0 Å². The van der Waals surface area contributed by atoms with Crippen molar-refractivity contribution in [3.63, 3.8) is 0 Å². The molecule has 148 valence electrons. The van der Waals surface area contributed by atoms with Gasteiger partial charge in [0.05, 0.1) is 0 Å². The molecule has 4 fully saturated rings. The lowest BCUT2D eigenvalue weighted by Crippen LogP contribution is -3.15. The molecule has 0 aromatic heterocycles. The Balaban J connectivity index is 1.42. The number of carbonyl (C=O) groups is 1. The zero-order valence-corrected chi connectivity index (χ0v) is 15.0. The van der Waals surface area contributed by atoms with E-state index in [-0.39, 0.29) is 31.2 Å². The lowest BCUT2D eigenvalue weighted by atomic mass is 9.85. The maximum atomic E-state index is 13.6. The summed E-state index contributed by atoms with van der Waals surface area (Å²) < 4.78 is 13.6. The Labute approximate surface area is 152 Å². The van der Waals surface area contributed by atoms with Gasteiger partial charge in [-0.05, 0) is 25.0 Å². The molecule has 0 spiro atoms. The number of hydrazine groups is 2. The number of quaternary nitrogens is 1. The second-order valence-electron chi connectivity index (χ2n) is 7.77. The Morgan fingerprint density at radius 2 is 2.23 bits per heavy atom. The quantitative estimate of drug-likeness (QED) is 0.268. The fourth-order valence-corrected chi connectivity index (χ4v) is 4.75. The van der Waals surface area contributed by atoms with Crippen LogP contribution in [0.25, 0.3) is 5.43 Å². The van der Waals surface area contributed by atoms with Crippen LogP contribution >= 0.6 is 0 Å². The average Bonchev–Trinajstić information content (AvgIpc) is 3.17. The van der Waals surface area contributed by atoms with Gasteiger partial charge in [-0.1, -0.05) is 0 Å². The van der Waals surface area contributed by atoms with Crippen LogP contribution in [0.5, 0.6) is 0 Å². The van der Waals surface area contributed by atoms with Gasteiger partial charge in [-0.3, -0.25) is 10.1 Å². The van der Waals surface area contributed by atoms with Gasteiger partial charge in [0.25, 0.3) is 0 Å². The van der Waals surface area contributed by atoms with E-state index >= 15 is 0 Å². The summed E-state index contributed by atoms with van der Waals surface area (Å²) in [6.45, 7) is 3.04. The third kappa shape index (κ3) is 3.45. The number of hydrogen-bond donors (Lipinski definition) is 7. The Bertz CT molecular complexity index is 525. The summed E-state index contributed by atoms with van der Waals surface area (Å²) in [6.07, 6.45) is -0.818. The van der Waals surface area contributed by atoms with Crippen LogP contribution in [-0.2, 0) is 4.79 Å². The number of alkyl halides is 1. The number of halogens is 1. The van der Waals surface area contributed by atoms with E-state index in [4.69, 9.17) is 5.73 Å². The molecule has 4 saturated heterocycles. The summed E-state index contributed by atoms with van der Waals surface area (Å²) in [4.78, 5) is 13.0. The van der Waals surface area contributed by atoms with Crippen LogP contribution in [0.4, 0.5) is 4.39 Å². The zero-order valence-electron chi connectivity index (χ0n) is 15.0. The topological polar surface area (TPSA) is 125 Å². The highest BCUT2D eigenvalue weighted by molar-refractivity contribution is 5.81. The molecule has 4 heterocycles. The van der Waals surface area contributed by atoms with Gasteiger partial charge < -0.3 is 26.8 Å². The highest BCUT2D eigenvalue weighted by Gasteiger charge is 2.46. The molecule has 8 unspecified atom stereocenters. The summed E-state index contributed by atoms with van der Waals surface area (Å²) in [5, 5.41) is 12.5. The van der Waals surface area contributed by atoms with E-state index in [9.17, 15) is 9.18 Å². The minimum absolute atomic E-state index is 0.0270. The van der Waals surface area contributed by atoms with Gasteiger partial charge in [0.1, 0.15) is 18.6 Å². The van der Waals surface area contributed by atoms with Crippen molar-refractivity contribution < 1.29 is 14.2 Å². The van der Waals surface area contributed by atoms with Gasteiger partial charge in [0.2, 0.25) is 5.91 Å². The van der Waals surface area contributed by atoms with Crippen LogP contribution in [0.15, 0.2) is 0 Å². The number of nitrogens with two attached hydrogens (primary N) is 1. The first kappa shape index (κ1) is 18.4. The molecule has 1 amide bonds. The van der Waals surface area contributed by atoms with Gasteiger partial charge in [0.15, 0.2) is 6.17 Å². The van der Waals surface area contributed by atoms with Crippen molar-refractivity contribution >= 4 is 5.91 Å². The molecular weight excluding hydrogens is 341 g/mol. The minimum Gasteiger partial charge on any atom is -0.436 e. The lowest BCUT2D eigenvalue weighted by molar-refractivity contribution is -0.891. The third-order valence-corrected chi connectivity index (χ3v) is 6.12. The van der Waals surface area contributed by atoms with Crippen molar-refractivity contribution in [2.75, 3.05) is 39.8 Å². The summed E-state index contributed by atoms with van der Waals surface area (Å²) in [6, 6.07) is 0.339. The number of piperidine rings is 1. The van der Waals surface area contributed by atoms with Crippen molar-refractivity contribution in [1.82, 2.24) is 31.9 Å². The number of fused-ring (bicyclic) bond motifs is 1. The predicted molar refractivity (Wildman–Crippen MR) is 92.9 cm³/mol. The van der Waals surface area contributed by atoms with Crippen LogP contribution in [0.1, 0.15) is 6.42 Å². The molecule has 8 N–H and O–H groups in total. The van der Waals surface area contributed by atoms with Crippen molar-refractivity contribution in [2.24, 2.45) is 17.6 Å². The summed E-state index contributed by atoms with van der Waals surface area (Å²) >= 11 is 0. The second kappa shape index (κ2) is 7.60. The van der Waals surface area contributed by atoms with Crippen molar-refractivity contribution in [3.05, 3.63) is 5.43 Å². The number of nitrogens with one attached hydrogen (secondary N) is 6.